The van der Waals surface area contributed by atoms with Gasteiger partial charge in [-0.3, -0.25) is 0 Å². The van der Waals surface area contributed by atoms with Crippen molar-refractivity contribution in [2.75, 3.05) is 13.6 Å². The second-order valence-corrected chi connectivity index (χ2v) is 7.33. The fraction of sp³-hybridized carbons (Fsp3) is 0.400. The zero-order valence-electron chi connectivity index (χ0n) is 14.5. The Bertz CT molecular complexity index is 927. The molecule has 0 aliphatic carbocycles. The minimum atomic E-state index is -0.756. The summed E-state index contributed by atoms with van der Waals surface area (Å²) in [6, 6.07) is 11.8. The highest BCUT2D eigenvalue weighted by Gasteiger charge is 2.78. The lowest BCUT2D eigenvalue weighted by Crippen LogP contribution is -2.21. The third-order valence-corrected chi connectivity index (χ3v) is 6.06. The second kappa shape index (κ2) is 4.64. The topological polar surface area (TPSA) is 58.7 Å². The van der Waals surface area contributed by atoms with Crippen LogP contribution in [-0.4, -0.2) is 19.2 Å². The van der Waals surface area contributed by atoms with Crippen molar-refractivity contribution < 1.29 is 28.4 Å². The number of epoxide rings is 1. The second-order valence-electron chi connectivity index (χ2n) is 7.33. The van der Waals surface area contributed by atoms with E-state index in [1.54, 1.807) is 0 Å². The molecule has 4 heterocycles. The highest BCUT2D eigenvalue weighted by Crippen LogP contribution is 2.70. The summed E-state index contributed by atoms with van der Waals surface area (Å²) in [7, 11) is 0. The maximum atomic E-state index is 6.51. The molecule has 4 aliphatic rings. The first kappa shape index (κ1) is 14.7. The van der Waals surface area contributed by atoms with Crippen LogP contribution in [0.3, 0.4) is 0 Å². The van der Waals surface area contributed by atoms with E-state index in [1.165, 1.54) is 0 Å². The largest absolute Gasteiger partial charge is 0.454 e. The molecule has 6 nitrogen and oxygen atoms in total. The molecule has 0 bridgehead atoms. The SMILES string of the molecule is CC1C(c2ccc3c(c2)OCO3)OC2(c3ccc4c(c3)OCO4)OC12C. The third-order valence-electron chi connectivity index (χ3n) is 6.06. The monoisotopic (exact) mass is 354 g/mol. The molecule has 0 aromatic heterocycles. The fourth-order valence-corrected chi connectivity index (χ4v) is 4.34. The number of benzene rings is 2. The molecule has 0 spiro atoms. The van der Waals surface area contributed by atoms with Crippen molar-refractivity contribution >= 4 is 0 Å². The van der Waals surface area contributed by atoms with Gasteiger partial charge in [-0.1, -0.05) is 13.0 Å². The number of rotatable bonds is 2. The van der Waals surface area contributed by atoms with Gasteiger partial charge in [0.15, 0.2) is 23.0 Å². The summed E-state index contributed by atoms with van der Waals surface area (Å²) in [4.78, 5) is 0. The summed E-state index contributed by atoms with van der Waals surface area (Å²) in [6.07, 6.45) is -0.0892. The molecule has 6 rings (SSSR count). The third kappa shape index (κ3) is 1.68. The van der Waals surface area contributed by atoms with Crippen LogP contribution in [0, 0.1) is 5.92 Å². The Balaban J connectivity index is 1.38. The minimum Gasteiger partial charge on any atom is -0.454 e. The van der Waals surface area contributed by atoms with E-state index in [2.05, 4.69) is 13.8 Å². The van der Waals surface area contributed by atoms with E-state index in [0.717, 1.165) is 34.1 Å². The Morgan fingerprint density at radius 1 is 0.846 bits per heavy atom. The molecule has 0 amide bonds. The molecule has 6 heteroatoms. The van der Waals surface area contributed by atoms with Crippen LogP contribution in [0.15, 0.2) is 36.4 Å². The standard InChI is InChI=1S/C20H18O6/c1-11-18(12-3-5-14-16(7-12)23-9-21-14)25-20(19(11,2)26-20)13-4-6-15-17(8-13)24-10-22-15/h3-8,11,18H,9-10H2,1-2H3. The predicted octanol–water partition coefficient (Wildman–Crippen LogP) is 3.49. The molecule has 4 atom stereocenters. The number of fused-ring (bicyclic) bond motifs is 3. The summed E-state index contributed by atoms with van der Waals surface area (Å²) < 4.78 is 34.5. The van der Waals surface area contributed by atoms with E-state index in [9.17, 15) is 0 Å². The van der Waals surface area contributed by atoms with Gasteiger partial charge >= 0.3 is 0 Å². The molecule has 2 aromatic carbocycles. The number of ether oxygens (including phenoxy) is 6. The Morgan fingerprint density at radius 2 is 1.50 bits per heavy atom. The zero-order valence-corrected chi connectivity index (χ0v) is 14.5. The Kier molecular flexibility index (Phi) is 2.62. The number of hydrogen-bond acceptors (Lipinski definition) is 6. The van der Waals surface area contributed by atoms with Crippen LogP contribution in [0.2, 0.25) is 0 Å². The lowest BCUT2D eigenvalue weighted by Gasteiger charge is -2.22. The van der Waals surface area contributed by atoms with E-state index in [4.69, 9.17) is 28.4 Å². The lowest BCUT2D eigenvalue weighted by molar-refractivity contribution is -0.107. The van der Waals surface area contributed by atoms with Crippen molar-refractivity contribution in [2.45, 2.75) is 31.3 Å². The van der Waals surface area contributed by atoms with Crippen molar-refractivity contribution in [3.63, 3.8) is 0 Å². The van der Waals surface area contributed by atoms with E-state index in [-0.39, 0.29) is 31.2 Å². The Hall–Kier alpha value is -2.44. The molecular formula is C20H18O6. The van der Waals surface area contributed by atoms with Crippen LogP contribution in [0.25, 0.3) is 0 Å². The molecule has 0 radical (unpaired) electrons. The molecule has 4 aliphatic heterocycles. The van der Waals surface area contributed by atoms with Gasteiger partial charge in [0, 0.05) is 11.5 Å². The van der Waals surface area contributed by atoms with Crippen LogP contribution < -0.4 is 18.9 Å². The fourth-order valence-electron chi connectivity index (χ4n) is 4.34. The summed E-state index contributed by atoms with van der Waals surface area (Å²) >= 11 is 0. The van der Waals surface area contributed by atoms with E-state index >= 15 is 0 Å². The van der Waals surface area contributed by atoms with Gasteiger partial charge in [0.05, 0.1) is 6.10 Å². The van der Waals surface area contributed by atoms with E-state index in [0.29, 0.717) is 0 Å². The van der Waals surface area contributed by atoms with Gasteiger partial charge in [0.2, 0.25) is 19.4 Å². The normalized spacial score (nSPS) is 35.5. The zero-order chi connectivity index (χ0) is 17.5. The maximum Gasteiger partial charge on any atom is 0.231 e. The molecule has 26 heavy (non-hydrogen) atoms. The van der Waals surface area contributed by atoms with Gasteiger partial charge in [-0.15, -0.1) is 0 Å². The average Bonchev–Trinajstić information content (AvgIpc) is 3.07. The summed E-state index contributed by atoms with van der Waals surface area (Å²) in [5, 5.41) is 0. The van der Waals surface area contributed by atoms with Crippen molar-refractivity contribution in [2.24, 2.45) is 5.92 Å². The summed E-state index contributed by atoms with van der Waals surface area (Å²) in [6.45, 7) is 4.79. The smallest absolute Gasteiger partial charge is 0.231 e. The van der Waals surface area contributed by atoms with Gasteiger partial charge in [0.25, 0.3) is 0 Å². The Morgan fingerprint density at radius 3 is 2.27 bits per heavy atom. The predicted molar refractivity (Wildman–Crippen MR) is 89.3 cm³/mol. The van der Waals surface area contributed by atoms with E-state index < -0.39 is 5.79 Å². The molecule has 2 fully saturated rings. The van der Waals surface area contributed by atoms with Gasteiger partial charge in [0.1, 0.15) is 5.60 Å². The van der Waals surface area contributed by atoms with Gasteiger partial charge in [-0.2, -0.15) is 0 Å². The molecular weight excluding hydrogens is 336 g/mol. The van der Waals surface area contributed by atoms with Crippen LogP contribution in [0.1, 0.15) is 31.1 Å². The van der Waals surface area contributed by atoms with Gasteiger partial charge in [-0.25, -0.2) is 0 Å². The molecule has 4 unspecified atom stereocenters. The molecule has 134 valence electrons. The van der Waals surface area contributed by atoms with E-state index in [1.807, 2.05) is 36.4 Å². The van der Waals surface area contributed by atoms with Crippen LogP contribution in [0.5, 0.6) is 23.0 Å². The lowest BCUT2D eigenvalue weighted by atomic mass is 9.85. The average molecular weight is 354 g/mol. The first-order valence-corrected chi connectivity index (χ1v) is 8.78. The highest BCUT2D eigenvalue weighted by atomic mass is 16.8. The summed E-state index contributed by atoms with van der Waals surface area (Å²) in [5.74, 6) is 2.45. The van der Waals surface area contributed by atoms with Crippen LogP contribution in [-0.2, 0) is 15.3 Å². The van der Waals surface area contributed by atoms with Crippen molar-refractivity contribution in [3.05, 3.63) is 47.5 Å². The molecule has 2 saturated heterocycles. The number of hydrogen-bond donors (Lipinski definition) is 0. The quantitative estimate of drug-likeness (QED) is 0.770. The highest BCUT2D eigenvalue weighted by molar-refractivity contribution is 5.49. The molecule has 2 aromatic rings. The molecule has 0 saturated carbocycles. The molecule has 0 N–H and O–H groups in total. The first-order valence-electron chi connectivity index (χ1n) is 8.78. The summed E-state index contributed by atoms with van der Waals surface area (Å²) in [5.41, 5.74) is 1.64. The Labute approximate surface area is 150 Å². The van der Waals surface area contributed by atoms with Gasteiger partial charge in [-0.05, 0) is 42.8 Å². The first-order chi connectivity index (χ1) is 12.6. The van der Waals surface area contributed by atoms with Crippen molar-refractivity contribution in [1.82, 2.24) is 0 Å². The van der Waals surface area contributed by atoms with Crippen LogP contribution >= 0.6 is 0 Å². The van der Waals surface area contributed by atoms with Crippen molar-refractivity contribution in [3.8, 4) is 23.0 Å². The van der Waals surface area contributed by atoms with Crippen molar-refractivity contribution in [1.29, 1.82) is 0 Å². The van der Waals surface area contributed by atoms with Crippen LogP contribution in [0.4, 0.5) is 0 Å². The van der Waals surface area contributed by atoms with Gasteiger partial charge < -0.3 is 28.4 Å². The maximum absolute atomic E-state index is 6.51. The minimum absolute atomic E-state index is 0.0892.